The second kappa shape index (κ2) is 9.22. The lowest BCUT2D eigenvalue weighted by Crippen LogP contribution is -2.48. The van der Waals surface area contributed by atoms with Crippen LogP contribution in [0, 0.1) is 0 Å². The van der Waals surface area contributed by atoms with Crippen LogP contribution in [0.2, 0.25) is 10.0 Å². The Hall–Kier alpha value is -0.560. The first-order chi connectivity index (χ1) is 11.1. The Balaban J connectivity index is 0.00000208. The predicted molar refractivity (Wildman–Crippen MR) is 96.2 cm³/mol. The Labute approximate surface area is 158 Å². The van der Waals surface area contributed by atoms with Crippen LogP contribution in [0.1, 0.15) is 18.1 Å². The van der Waals surface area contributed by atoms with E-state index in [2.05, 4.69) is 5.32 Å². The minimum absolute atomic E-state index is 0. The van der Waals surface area contributed by atoms with Crippen molar-refractivity contribution in [3.05, 3.63) is 33.8 Å². The Bertz CT molecular complexity index is 567. The number of rotatable bonds is 3. The van der Waals surface area contributed by atoms with Crippen LogP contribution in [0.3, 0.4) is 0 Å². The first-order valence-corrected chi connectivity index (χ1v) is 8.54. The predicted octanol–water partition coefficient (Wildman–Crippen LogP) is 2.69. The number of nitrogens with zero attached hydrogens (tertiary/aromatic N) is 1. The molecule has 2 aliphatic rings. The van der Waals surface area contributed by atoms with Crippen molar-refractivity contribution in [2.45, 2.75) is 18.6 Å². The second-order valence-corrected chi connectivity index (χ2v) is 6.62. The molecule has 1 aromatic rings. The molecule has 1 N–H and O–H groups in total. The maximum Gasteiger partial charge on any atom is 0.224 e. The molecule has 0 bridgehead atoms. The molecule has 2 saturated heterocycles. The number of hydrogen-bond acceptors (Lipinski definition) is 4. The lowest BCUT2D eigenvalue weighted by molar-refractivity contribution is -0.140. The van der Waals surface area contributed by atoms with Crippen molar-refractivity contribution in [3.8, 4) is 0 Å². The number of benzene rings is 1. The number of halogens is 3. The van der Waals surface area contributed by atoms with Crippen molar-refractivity contribution in [2.24, 2.45) is 0 Å². The van der Waals surface area contributed by atoms with E-state index < -0.39 is 0 Å². The van der Waals surface area contributed by atoms with Gasteiger partial charge in [0.15, 0.2) is 0 Å². The minimum Gasteiger partial charge on any atom is -0.378 e. The molecule has 2 atom stereocenters. The average Bonchev–Trinajstić information content (AvgIpc) is 2.58. The largest absolute Gasteiger partial charge is 0.378 e. The summed E-state index contributed by atoms with van der Waals surface area (Å²) in [7, 11) is 0. The molecule has 0 aliphatic carbocycles. The monoisotopic (exact) mass is 394 g/mol. The fourth-order valence-electron chi connectivity index (χ4n) is 2.88. The molecule has 134 valence electrons. The molecule has 1 aromatic carbocycles. The van der Waals surface area contributed by atoms with E-state index in [-0.39, 0.29) is 30.5 Å². The van der Waals surface area contributed by atoms with Crippen molar-refractivity contribution in [1.82, 2.24) is 10.2 Å². The summed E-state index contributed by atoms with van der Waals surface area (Å²) in [4.78, 5) is 14.3. The Morgan fingerprint density at radius 1 is 1.29 bits per heavy atom. The summed E-state index contributed by atoms with van der Waals surface area (Å²) < 4.78 is 11.2. The van der Waals surface area contributed by atoms with Gasteiger partial charge in [-0.2, -0.15) is 0 Å². The Morgan fingerprint density at radius 3 is 2.83 bits per heavy atom. The summed E-state index contributed by atoms with van der Waals surface area (Å²) in [6, 6.07) is 5.55. The van der Waals surface area contributed by atoms with Crippen molar-refractivity contribution in [2.75, 3.05) is 39.5 Å². The van der Waals surface area contributed by atoms with Crippen LogP contribution in [-0.2, 0) is 14.3 Å². The van der Waals surface area contributed by atoms with Gasteiger partial charge in [-0.15, -0.1) is 12.4 Å². The zero-order valence-corrected chi connectivity index (χ0v) is 15.5. The molecule has 2 fully saturated rings. The van der Waals surface area contributed by atoms with Crippen LogP contribution >= 0.6 is 35.6 Å². The van der Waals surface area contributed by atoms with E-state index in [0.717, 1.165) is 12.1 Å². The number of carbonyl (C=O) groups is 1. The quantitative estimate of drug-likeness (QED) is 0.855. The first kappa shape index (κ1) is 19.8. The van der Waals surface area contributed by atoms with Gasteiger partial charge >= 0.3 is 0 Å². The summed E-state index contributed by atoms with van der Waals surface area (Å²) in [5.74, 6) is 0.126. The van der Waals surface area contributed by atoms with E-state index >= 15 is 0 Å². The van der Waals surface area contributed by atoms with Crippen molar-refractivity contribution >= 4 is 41.5 Å². The molecule has 2 unspecified atom stereocenters. The zero-order chi connectivity index (χ0) is 16.2. The Morgan fingerprint density at radius 2 is 2.12 bits per heavy atom. The topological polar surface area (TPSA) is 50.8 Å². The highest BCUT2D eigenvalue weighted by molar-refractivity contribution is 6.42. The van der Waals surface area contributed by atoms with Gasteiger partial charge in [-0.25, -0.2) is 0 Å². The zero-order valence-electron chi connectivity index (χ0n) is 13.2. The average molecular weight is 396 g/mol. The lowest BCUT2D eigenvalue weighted by Gasteiger charge is -2.34. The van der Waals surface area contributed by atoms with E-state index in [1.54, 1.807) is 12.1 Å². The molecule has 0 aromatic heterocycles. The third-order valence-corrected chi connectivity index (χ3v) is 4.89. The first-order valence-electron chi connectivity index (χ1n) is 7.79. The van der Waals surface area contributed by atoms with Gasteiger partial charge in [0.2, 0.25) is 5.91 Å². The van der Waals surface area contributed by atoms with E-state index in [0.29, 0.717) is 49.4 Å². The number of amides is 1. The van der Waals surface area contributed by atoms with Crippen molar-refractivity contribution < 1.29 is 14.3 Å². The minimum atomic E-state index is -0.168. The van der Waals surface area contributed by atoms with Crippen LogP contribution in [-0.4, -0.2) is 56.3 Å². The van der Waals surface area contributed by atoms with E-state index in [4.69, 9.17) is 32.7 Å². The summed E-state index contributed by atoms with van der Waals surface area (Å²) in [6.07, 6.45) is 0.284. The molecule has 0 saturated carbocycles. The number of ether oxygens (including phenoxy) is 2. The van der Waals surface area contributed by atoms with Crippen LogP contribution in [0.5, 0.6) is 0 Å². The summed E-state index contributed by atoms with van der Waals surface area (Å²) in [5.41, 5.74) is 0.941. The lowest BCUT2D eigenvalue weighted by atomic mass is 10.1. The van der Waals surface area contributed by atoms with Gasteiger partial charge in [-0.3, -0.25) is 4.79 Å². The summed E-state index contributed by atoms with van der Waals surface area (Å²) in [6.45, 7) is 3.76. The van der Waals surface area contributed by atoms with Gasteiger partial charge in [0.1, 0.15) is 6.10 Å². The van der Waals surface area contributed by atoms with Gasteiger partial charge in [0.25, 0.3) is 0 Å². The van der Waals surface area contributed by atoms with Crippen LogP contribution < -0.4 is 5.32 Å². The maximum absolute atomic E-state index is 12.5. The molecule has 2 heterocycles. The van der Waals surface area contributed by atoms with Crippen LogP contribution in [0.15, 0.2) is 18.2 Å². The summed E-state index contributed by atoms with van der Waals surface area (Å²) in [5, 5.41) is 4.33. The molecule has 0 spiro atoms. The Kier molecular flexibility index (Phi) is 7.60. The molecular formula is C16H21Cl3N2O3. The van der Waals surface area contributed by atoms with E-state index in [9.17, 15) is 4.79 Å². The van der Waals surface area contributed by atoms with E-state index in [1.807, 2.05) is 11.0 Å². The highest BCUT2D eigenvalue weighted by Gasteiger charge is 2.27. The highest BCUT2D eigenvalue weighted by atomic mass is 35.5. The van der Waals surface area contributed by atoms with Gasteiger partial charge in [0.05, 0.1) is 36.4 Å². The van der Waals surface area contributed by atoms with Gasteiger partial charge in [-0.05, 0) is 17.7 Å². The van der Waals surface area contributed by atoms with E-state index in [1.165, 1.54) is 0 Å². The van der Waals surface area contributed by atoms with Crippen molar-refractivity contribution in [3.63, 3.8) is 0 Å². The van der Waals surface area contributed by atoms with Gasteiger partial charge < -0.3 is 19.7 Å². The molecular weight excluding hydrogens is 375 g/mol. The smallest absolute Gasteiger partial charge is 0.224 e. The number of morpholine rings is 2. The SMILES string of the molecule is Cl.O=C(CC1COCCN1)N1CCOC(c2ccc(Cl)c(Cl)c2)C1. The number of carbonyl (C=O) groups excluding carboxylic acids is 1. The van der Waals surface area contributed by atoms with Crippen LogP contribution in [0.4, 0.5) is 0 Å². The van der Waals surface area contributed by atoms with Gasteiger partial charge in [-0.1, -0.05) is 29.3 Å². The highest BCUT2D eigenvalue weighted by Crippen LogP contribution is 2.29. The normalized spacial score (nSPS) is 24.3. The third-order valence-electron chi connectivity index (χ3n) is 4.15. The molecule has 8 heteroatoms. The third kappa shape index (κ3) is 4.97. The second-order valence-electron chi connectivity index (χ2n) is 5.80. The fraction of sp³-hybridized carbons (Fsp3) is 0.562. The molecule has 3 rings (SSSR count). The molecule has 24 heavy (non-hydrogen) atoms. The molecule has 1 amide bonds. The van der Waals surface area contributed by atoms with Crippen molar-refractivity contribution in [1.29, 1.82) is 0 Å². The standard InChI is InChI=1S/C16H20Cl2N2O3.ClH/c17-13-2-1-11(7-14(13)18)15-9-20(4-6-23-15)16(21)8-12-10-22-5-3-19-12;/h1-2,7,12,15,19H,3-6,8-10H2;1H. The van der Waals surface area contributed by atoms with Crippen LogP contribution in [0.25, 0.3) is 0 Å². The number of nitrogens with one attached hydrogen (secondary N) is 1. The molecule has 5 nitrogen and oxygen atoms in total. The summed E-state index contributed by atoms with van der Waals surface area (Å²) >= 11 is 12.0. The van der Waals surface area contributed by atoms with Gasteiger partial charge in [0, 0.05) is 25.6 Å². The molecule has 0 radical (unpaired) electrons. The molecule has 2 aliphatic heterocycles. The number of hydrogen-bond donors (Lipinski definition) is 1. The maximum atomic E-state index is 12.5. The fourth-order valence-corrected chi connectivity index (χ4v) is 3.19.